The quantitative estimate of drug-likeness (QED) is 0.866. The van der Waals surface area contributed by atoms with Gasteiger partial charge in [-0.25, -0.2) is 0 Å². The van der Waals surface area contributed by atoms with E-state index in [0.717, 1.165) is 21.8 Å². The van der Waals surface area contributed by atoms with Crippen molar-refractivity contribution in [3.63, 3.8) is 0 Å². The van der Waals surface area contributed by atoms with Crippen LogP contribution in [0, 0.1) is 0 Å². The van der Waals surface area contributed by atoms with Crippen molar-refractivity contribution in [3.8, 4) is 11.5 Å². The van der Waals surface area contributed by atoms with Gasteiger partial charge in [0.2, 0.25) is 0 Å². The summed E-state index contributed by atoms with van der Waals surface area (Å²) >= 11 is 0. The van der Waals surface area contributed by atoms with Gasteiger partial charge in [0.25, 0.3) is 0 Å². The second-order valence-electron chi connectivity index (χ2n) is 5.25. The molecule has 0 saturated carbocycles. The lowest BCUT2D eigenvalue weighted by Crippen LogP contribution is -2.46. The van der Waals surface area contributed by atoms with E-state index in [9.17, 15) is 27.1 Å². The number of nitrogens with zero attached hydrogens (tertiary/aromatic N) is 3. The second kappa shape index (κ2) is 5.53. The molecular formula is C14H12F5N3O2. The molecular weight excluding hydrogens is 337 g/mol. The van der Waals surface area contributed by atoms with E-state index >= 15 is 0 Å². The van der Waals surface area contributed by atoms with Gasteiger partial charge in [0.05, 0.1) is 6.54 Å². The molecule has 130 valence electrons. The van der Waals surface area contributed by atoms with Crippen molar-refractivity contribution in [2.75, 3.05) is 18.0 Å². The highest BCUT2D eigenvalue weighted by Gasteiger charge is 2.41. The SMILES string of the molecule is Oc1cccc2c1N(CCn1ccc(C(F)(F)F)n1)CC(F)(F)O2. The van der Waals surface area contributed by atoms with Gasteiger partial charge in [-0.1, -0.05) is 6.07 Å². The first-order valence-electron chi connectivity index (χ1n) is 6.90. The monoisotopic (exact) mass is 349 g/mol. The van der Waals surface area contributed by atoms with Gasteiger partial charge in [-0.3, -0.25) is 4.68 Å². The number of phenolic OH excluding ortho intramolecular Hbond substituents is 1. The van der Waals surface area contributed by atoms with Crippen molar-refractivity contribution in [1.82, 2.24) is 9.78 Å². The molecule has 3 rings (SSSR count). The fourth-order valence-corrected chi connectivity index (χ4v) is 2.46. The molecule has 0 aliphatic carbocycles. The van der Waals surface area contributed by atoms with Crippen molar-refractivity contribution in [3.05, 3.63) is 36.2 Å². The zero-order chi connectivity index (χ0) is 17.5. The minimum Gasteiger partial charge on any atom is -0.506 e. The summed E-state index contributed by atoms with van der Waals surface area (Å²) in [4.78, 5) is 1.16. The van der Waals surface area contributed by atoms with Gasteiger partial charge in [0.15, 0.2) is 11.4 Å². The first-order valence-corrected chi connectivity index (χ1v) is 6.90. The van der Waals surface area contributed by atoms with Crippen molar-refractivity contribution in [2.24, 2.45) is 0 Å². The molecule has 10 heteroatoms. The molecule has 1 aliphatic rings. The molecule has 2 heterocycles. The molecule has 0 amide bonds. The molecule has 1 aliphatic heterocycles. The third-order valence-corrected chi connectivity index (χ3v) is 3.46. The van der Waals surface area contributed by atoms with Crippen LogP contribution in [-0.2, 0) is 12.7 Å². The Labute approximate surface area is 132 Å². The highest BCUT2D eigenvalue weighted by atomic mass is 19.4. The lowest BCUT2D eigenvalue weighted by molar-refractivity contribution is -0.172. The smallest absolute Gasteiger partial charge is 0.435 e. The first-order chi connectivity index (χ1) is 11.2. The van der Waals surface area contributed by atoms with E-state index in [-0.39, 0.29) is 30.3 Å². The van der Waals surface area contributed by atoms with Crippen LogP contribution < -0.4 is 9.64 Å². The number of alkyl halides is 5. The number of halogens is 5. The van der Waals surface area contributed by atoms with Crippen LogP contribution in [0.2, 0.25) is 0 Å². The molecule has 1 aromatic carbocycles. The van der Waals surface area contributed by atoms with Crippen molar-refractivity contribution in [1.29, 1.82) is 0 Å². The molecule has 0 bridgehead atoms. The van der Waals surface area contributed by atoms with Crippen LogP contribution in [0.5, 0.6) is 11.5 Å². The average molecular weight is 349 g/mol. The molecule has 0 atom stereocenters. The molecule has 0 spiro atoms. The number of hydrogen-bond donors (Lipinski definition) is 1. The Morgan fingerprint density at radius 3 is 2.62 bits per heavy atom. The van der Waals surface area contributed by atoms with E-state index in [2.05, 4.69) is 9.84 Å². The maximum atomic E-state index is 13.6. The summed E-state index contributed by atoms with van der Waals surface area (Å²) in [6.07, 6.45) is -6.92. The number of aromatic hydroxyl groups is 1. The first kappa shape index (κ1) is 16.3. The van der Waals surface area contributed by atoms with Crippen LogP contribution in [0.25, 0.3) is 0 Å². The predicted octanol–water partition coefficient (Wildman–Crippen LogP) is 3.10. The van der Waals surface area contributed by atoms with Gasteiger partial charge < -0.3 is 14.7 Å². The Bertz CT molecular complexity index is 744. The second-order valence-corrected chi connectivity index (χ2v) is 5.25. The molecule has 2 aromatic rings. The van der Waals surface area contributed by atoms with E-state index in [1.54, 1.807) is 0 Å². The highest BCUT2D eigenvalue weighted by Crippen LogP contribution is 2.43. The molecule has 0 radical (unpaired) electrons. The van der Waals surface area contributed by atoms with Gasteiger partial charge in [-0.05, 0) is 18.2 Å². The lowest BCUT2D eigenvalue weighted by atomic mass is 10.2. The Morgan fingerprint density at radius 2 is 1.96 bits per heavy atom. The largest absolute Gasteiger partial charge is 0.506 e. The minimum atomic E-state index is -4.57. The Kier molecular flexibility index (Phi) is 3.77. The summed E-state index contributed by atoms with van der Waals surface area (Å²) in [5, 5.41) is 13.2. The third-order valence-electron chi connectivity index (χ3n) is 3.46. The summed E-state index contributed by atoms with van der Waals surface area (Å²) in [5.41, 5.74) is -0.982. The number of anilines is 1. The maximum Gasteiger partial charge on any atom is 0.435 e. The summed E-state index contributed by atoms with van der Waals surface area (Å²) in [6, 6.07) is 4.76. The summed E-state index contributed by atoms with van der Waals surface area (Å²) in [5.74, 6) is -0.442. The van der Waals surface area contributed by atoms with Gasteiger partial charge in [-0.15, -0.1) is 0 Å². The van der Waals surface area contributed by atoms with Crippen molar-refractivity contribution < 1.29 is 31.8 Å². The predicted molar refractivity (Wildman–Crippen MR) is 73.1 cm³/mol. The van der Waals surface area contributed by atoms with Crippen LogP contribution in [0.15, 0.2) is 30.5 Å². The van der Waals surface area contributed by atoms with E-state index in [1.165, 1.54) is 18.2 Å². The van der Waals surface area contributed by atoms with E-state index in [1.807, 2.05) is 0 Å². The molecule has 24 heavy (non-hydrogen) atoms. The van der Waals surface area contributed by atoms with Crippen LogP contribution in [0.4, 0.5) is 27.6 Å². The zero-order valence-corrected chi connectivity index (χ0v) is 12.1. The Hall–Kier alpha value is -2.52. The normalized spacial score (nSPS) is 16.6. The van der Waals surface area contributed by atoms with Crippen LogP contribution in [-0.4, -0.2) is 34.1 Å². The summed E-state index contributed by atoms with van der Waals surface area (Å²) in [6.45, 7) is -0.979. The van der Waals surface area contributed by atoms with Gasteiger partial charge in [-0.2, -0.15) is 27.1 Å². The van der Waals surface area contributed by atoms with Gasteiger partial charge in [0, 0.05) is 12.7 Å². The minimum absolute atomic E-state index is 0.0695. The standard InChI is InChI=1S/C14H12F5N3O2/c15-13(16)8-21(12-9(23)2-1-3-10(12)24-13)6-7-22-5-4-11(20-22)14(17,18)19/h1-5,23H,6-8H2. The number of phenols is 1. The average Bonchev–Trinajstić information content (AvgIpc) is 2.92. The third kappa shape index (κ3) is 3.22. The van der Waals surface area contributed by atoms with Crippen molar-refractivity contribution in [2.45, 2.75) is 18.8 Å². The summed E-state index contributed by atoms with van der Waals surface area (Å²) in [7, 11) is 0. The number of benzene rings is 1. The van der Waals surface area contributed by atoms with Gasteiger partial charge in [0.1, 0.15) is 18.0 Å². The Balaban J connectivity index is 1.79. The van der Waals surface area contributed by atoms with Crippen LogP contribution in [0.3, 0.4) is 0 Å². The van der Waals surface area contributed by atoms with E-state index < -0.39 is 24.5 Å². The topological polar surface area (TPSA) is 50.5 Å². The molecule has 1 N–H and O–H groups in total. The molecule has 0 fully saturated rings. The summed E-state index contributed by atoms with van der Waals surface area (Å²) < 4.78 is 70.3. The molecule has 0 saturated heterocycles. The number of aromatic nitrogens is 2. The van der Waals surface area contributed by atoms with Gasteiger partial charge >= 0.3 is 12.3 Å². The van der Waals surface area contributed by atoms with Crippen molar-refractivity contribution >= 4 is 5.69 Å². The number of hydrogen-bond acceptors (Lipinski definition) is 4. The van der Waals surface area contributed by atoms with Crippen LogP contribution >= 0.6 is 0 Å². The number of ether oxygens (including phenoxy) is 1. The molecule has 5 nitrogen and oxygen atoms in total. The number of para-hydroxylation sites is 1. The molecule has 0 unspecified atom stereocenters. The number of rotatable bonds is 3. The van der Waals surface area contributed by atoms with Crippen LogP contribution in [0.1, 0.15) is 5.69 Å². The highest BCUT2D eigenvalue weighted by molar-refractivity contribution is 5.68. The van der Waals surface area contributed by atoms with E-state index in [0.29, 0.717) is 0 Å². The molecule has 1 aromatic heterocycles. The Morgan fingerprint density at radius 1 is 1.21 bits per heavy atom. The zero-order valence-electron chi connectivity index (χ0n) is 12.1. The fourth-order valence-electron chi connectivity index (χ4n) is 2.46. The van der Waals surface area contributed by atoms with E-state index in [4.69, 9.17) is 0 Å². The number of fused-ring (bicyclic) bond motifs is 1. The fraction of sp³-hybridized carbons (Fsp3) is 0.357. The maximum absolute atomic E-state index is 13.6. The lowest BCUT2D eigenvalue weighted by Gasteiger charge is -2.35.